The molecule has 2 rings (SSSR count). The predicted molar refractivity (Wildman–Crippen MR) is 84.6 cm³/mol. The van der Waals surface area contributed by atoms with Crippen LogP contribution in [0.25, 0.3) is 0 Å². The lowest BCUT2D eigenvalue weighted by atomic mass is 10.2. The van der Waals surface area contributed by atoms with Crippen LogP contribution in [0.5, 0.6) is 0 Å². The number of aryl methyl sites for hydroxylation is 1. The third kappa shape index (κ3) is 3.71. The Kier molecular flexibility index (Phi) is 4.92. The van der Waals surface area contributed by atoms with Crippen LogP contribution in [0.4, 0.5) is 14.5 Å². The fraction of sp³-hybridized carbons (Fsp3) is 0.143. The van der Waals surface area contributed by atoms with E-state index in [0.717, 1.165) is 18.2 Å². The Labute approximate surface area is 138 Å². The molecule has 0 amide bonds. The molecule has 0 aromatic heterocycles. The highest BCUT2D eigenvalue weighted by Gasteiger charge is 2.21. The van der Waals surface area contributed by atoms with Gasteiger partial charge in [-0.15, -0.1) is 0 Å². The summed E-state index contributed by atoms with van der Waals surface area (Å²) >= 11 is 0. The number of rotatable bonds is 5. The van der Waals surface area contributed by atoms with Crippen molar-refractivity contribution in [2.45, 2.75) is 16.7 Å². The molecule has 10 heteroatoms. The molecule has 0 aliphatic carbocycles. The highest BCUT2D eigenvalue weighted by Crippen LogP contribution is 2.23. The highest BCUT2D eigenvalue weighted by atomic mass is 32.2. The zero-order valence-electron chi connectivity index (χ0n) is 12.7. The minimum absolute atomic E-state index is 0.0712. The van der Waals surface area contributed by atoms with Gasteiger partial charge in [0.05, 0.1) is 10.6 Å². The van der Waals surface area contributed by atoms with Crippen molar-refractivity contribution in [2.24, 2.45) is 0 Å². The van der Waals surface area contributed by atoms with Crippen LogP contribution in [0.3, 0.4) is 0 Å². The number of hydrogen-bond donors (Lipinski definition) is 2. The van der Waals surface area contributed by atoms with E-state index in [1.807, 2.05) is 0 Å². The fourth-order valence-corrected chi connectivity index (χ4v) is 4.07. The standard InChI is InChI=1S/C14H14F2N2O4S2/c1-9-3-5-11(8-14(9)23(19,20)17-2)18-24(21,22)13-6-4-10(15)7-12(13)16/h3-8,17-18H,1-2H3. The van der Waals surface area contributed by atoms with E-state index in [4.69, 9.17) is 0 Å². The molecule has 0 fully saturated rings. The van der Waals surface area contributed by atoms with Crippen molar-refractivity contribution in [1.29, 1.82) is 0 Å². The third-order valence-corrected chi connectivity index (χ3v) is 6.15. The van der Waals surface area contributed by atoms with Crippen molar-refractivity contribution in [1.82, 2.24) is 4.72 Å². The maximum atomic E-state index is 13.7. The molecule has 0 aliphatic heterocycles. The lowest BCUT2D eigenvalue weighted by Gasteiger charge is -2.12. The van der Waals surface area contributed by atoms with Crippen molar-refractivity contribution in [2.75, 3.05) is 11.8 Å². The zero-order chi connectivity index (χ0) is 18.1. The summed E-state index contributed by atoms with van der Waals surface area (Å²) in [6, 6.07) is 5.89. The second kappa shape index (κ2) is 6.46. The van der Waals surface area contributed by atoms with Gasteiger partial charge in [0.25, 0.3) is 10.0 Å². The number of sulfonamides is 2. The average Bonchev–Trinajstić information content (AvgIpc) is 2.48. The van der Waals surface area contributed by atoms with Gasteiger partial charge in [0.15, 0.2) is 0 Å². The number of benzene rings is 2. The second-order valence-electron chi connectivity index (χ2n) is 4.87. The van der Waals surface area contributed by atoms with Gasteiger partial charge in [0, 0.05) is 6.07 Å². The monoisotopic (exact) mass is 376 g/mol. The van der Waals surface area contributed by atoms with Crippen molar-refractivity contribution >= 4 is 25.7 Å². The van der Waals surface area contributed by atoms with Crippen molar-refractivity contribution in [3.8, 4) is 0 Å². The first kappa shape index (κ1) is 18.3. The highest BCUT2D eigenvalue weighted by molar-refractivity contribution is 7.92. The molecule has 0 aliphatic rings. The first-order valence-electron chi connectivity index (χ1n) is 6.59. The fourth-order valence-electron chi connectivity index (χ4n) is 1.97. The van der Waals surface area contributed by atoms with Crippen LogP contribution >= 0.6 is 0 Å². The van der Waals surface area contributed by atoms with E-state index in [1.165, 1.54) is 19.2 Å². The molecule has 0 radical (unpaired) electrons. The van der Waals surface area contributed by atoms with Gasteiger partial charge in [-0.05, 0) is 43.8 Å². The number of nitrogens with one attached hydrogen (secondary N) is 2. The van der Waals surface area contributed by atoms with E-state index in [2.05, 4.69) is 9.44 Å². The van der Waals surface area contributed by atoms with E-state index in [-0.39, 0.29) is 10.6 Å². The molecule has 2 N–H and O–H groups in total. The lowest BCUT2D eigenvalue weighted by Crippen LogP contribution is -2.20. The maximum absolute atomic E-state index is 13.7. The second-order valence-corrected chi connectivity index (χ2v) is 8.37. The summed E-state index contributed by atoms with van der Waals surface area (Å²) in [4.78, 5) is -0.868. The predicted octanol–water partition coefficient (Wildman–Crippen LogP) is 1.98. The minimum Gasteiger partial charge on any atom is -0.279 e. The molecular formula is C14H14F2N2O4S2. The SMILES string of the molecule is CNS(=O)(=O)c1cc(NS(=O)(=O)c2ccc(F)cc2F)ccc1C. The summed E-state index contributed by atoms with van der Waals surface area (Å²) in [7, 11) is -6.92. The Bertz CT molecular complexity index is 990. The van der Waals surface area contributed by atoms with Crippen LogP contribution in [0.15, 0.2) is 46.2 Å². The van der Waals surface area contributed by atoms with Crippen LogP contribution in [-0.2, 0) is 20.0 Å². The molecule has 130 valence electrons. The number of anilines is 1. The van der Waals surface area contributed by atoms with Gasteiger partial charge in [-0.25, -0.2) is 30.3 Å². The Morgan fingerprint density at radius 1 is 0.875 bits per heavy atom. The maximum Gasteiger partial charge on any atom is 0.264 e. The summed E-state index contributed by atoms with van der Waals surface area (Å²) in [5, 5.41) is 0. The van der Waals surface area contributed by atoms with E-state index < -0.39 is 36.6 Å². The molecule has 0 bridgehead atoms. The molecule has 6 nitrogen and oxygen atoms in total. The van der Waals surface area contributed by atoms with Gasteiger partial charge in [-0.2, -0.15) is 0 Å². The molecule has 2 aromatic carbocycles. The quantitative estimate of drug-likeness (QED) is 0.835. The molecule has 2 aromatic rings. The van der Waals surface area contributed by atoms with Crippen molar-refractivity contribution < 1.29 is 25.6 Å². The summed E-state index contributed by atoms with van der Waals surface area (Å²) in [5.74, 6) is -2.16. The lowest BCUT2D eigenvalue weighted by molar-refractivity contribution is 0.551. The van der Waals surface area contributed by atoms with Gasteiger partial charge in [0.1, 0.15) is 16.5 Å². The Morgan fingerprint density at radius 3 is 2.12 bits per heavy atom. The smallest absolute Gasteiger partial charge is 0.264 e. The van der Waals surface area contributed by atoms with E-state index in [0.29, 0.717) is 11.6 Å². The third-order valence-electron chi connectivity index (χ3n) is 3.18. The topological polar surface area (TPSA) is 92.3 Å². The molecule has 24 heavy (non-hydrogen) atoms. The van der Waals surface area contributed by atoms with Crippen LogP contribution in [0.2, 0.25) is 0 Å². The van der Waals surface area contributed by atoms with Crippen molar-refractivity contribution in [3.63, 3.8) is 0 Å². The normalized spacial score (nSPS) is 12.2. The molecule has 0 saturated carbocycles. The average molecular weight is 376 g/mol. The Morgan fingerprint density at radius 2 is 1.54 bits per heavy atom. The van der Waals surface area contributed by atoms with Gasteiger partial charge in [-0.3, -0.25) is 4.72 Å². The van der Waals surface area contributed by atoms with Gasteiger partial charge in [0.2, 0.25) is 10.0 Å². The Balaban J connectivity index is 2.46. The molecule has 0 spiro atoms. The summed E-state index contributed by atoms with van der Waals surface area (Å²) in [6.07, 6.45) is 0. The minimum atomic E-state index is -4.35. The molecular weight excluding hydrogens is 362 g/mol. The van der Waals surface area contributed by atoms with Gasteiger partial charge >= 0.3 is 0 Å². The molecule has 0 heterocycles. The van der Waals surface area contributed by atoms with Crippen molar-refractivity contribution in [3.05, 3.63) is 53.6 Å². The summed E-state index contributed by atoms with van der Waals surface area (Å²) < 4.78 is 79.0. The molecule has 0 saturated heterocycles. The first-order chi connectivity index (χ1) is 11.1. The summed E-state index contributed by atoms with van der Waals surface area (Å²) in [6.45, 7) is 1.54. The van der Waals surface area contributed by atoms with E-state index >= 15 is 0 Å². The van der Waals surface area contributed by atoms with Crippen LogP contribution in [-0.4, -0.2) is 23.9 Å². The van der Waals surface area contributed by atoms with Gasteiger partial charge in [-0.1, -0.05) is 6.07 Å². The molecule has 0 atom stereocenters. The Hall–Kier alpha value is -2.04. The number of halogens is 2. The van der Waals surface area contributed by atoms with Crippen LogP contribution < -0.4 is 9.44 Å². The van der Waals surface area contributed by atoms with Gasteiger partial charge < -0.3 is 0 Å². The van der Waals surface area contributed by atoms with Crippen LogP contribution in [0.1, 0.15) is 5.56 Å². The largest absolute Gasteiger partial charge is 0.279 e. The van der Waals surface area contributed by atoms with Crippen LogP contribution in [0, 0.1) is 18.6 Å². The van der Waals surface area contributed by atoms with E-state index in [1.54, 1.807) is 6.92 Å². The number of hydrogen-bond acceptors (Lipinski definition) is 4. The first-order valence-corrected chi connectivity index (χ1v) is 9.55. The van der Waals surface area contributed by atoms with E-state index in [9.17, 15) is 25.6 Å². The summed E-state index contributed by atoms with van der Waals surface area (Å²) in [5.41, 5.74) is 0.332. The zero-order valence-corrected chi connectivity index (χ0v) is 14.3. The molecule has 0 unspecified atom stereocenters.